The van der Waals surface area contributed by atoms with Gasteiger partial charge in [-0.25, -0.2) is 0 Å². The largest absolute Gasteiger partial charge is 0.482 e. The highest BCUT2D eigenvalue weighted by Crippen LogP contribution is 2.36. The van der Waals surface area contributed by atoms with Gasteiger partial charge in [0.05, 0.1) is 10.6 Å². The van der Waals surface area contributed by atoms with Crippen molar-refractivity contribution in [2.24, 2.45) is 0 Å². The van der Waals surface area contributed by atoms with E-state index in [2.05, 4.69) is 10.1 Å². The van der Waals surface area contributed by atoms with Crippen molar-refractivity contribution in [1.82, 2.24) is 10.1 Å². The molecule has 3 aromatic rings. The molecule has 0 bridgehead atoms. The number of aryl methyl sites for hydroxylation is 1. The van der Waals surface area contributed by atoms with Crippen molar-refractivity contribution in [2.75, 3.05) is 18.1 Å². The van der Waals surface area contributed by atoms with E-state index in [0.717, 1.165) is 28.1 Å². The number of hydrogen-bond donors (Lipinski definition) is 0. The van der Waals surface area contributed by atoms with Crippen molar-refractivity contribution in [3.05, 3.63) is 35.2 Å². The minimum atomic E-state index is -0.0329. The molecule has 1 aromatic carbocycles. The highest BCUT2D eigenvalue weighted by atomic mass is 32.1. The van der Waals surface area contributed by atoms with Crippen LogP contribution in [0.15, 0.2) is 34.2 Å². The van der Waals surface area contributed by atoms with E-state index in [0.29, 0.717) is 24.0 Å². The predicted octanol–water partition coefficient (Wildman–Crippen LogP) is 3.91. The number of nitrogens with zero attached hydrogens (tertiary/aromatic N) is 3. The van der Waals surface area contributed by atoms with Crippen LogP contribution < -0.4 is 9.64 Å². The zero-order valence-electron chi connectivity index (χ0n) is 14.0. The molecule has 0 unspecified atom stereocenters. The summed E-state index contributed by atoms with van der Waals surface area (Å²) in [5.74, 6) is 1.68. The minimum Gasteiger partial charge on any atom is -0.482 e. The molecule has 1 aliphatic heterocycles. The summed E-state index contributed by atoms with van der Waals surface area (Å²) in [4.78, 5) is 19.4. The zero-order chi connectivity index (χ0) is 17.4. The molecule has 0 saturated carbocycles. The molecular formula is C18H17N3O3S. The third-order valence-corrected chi connectivity index (χ3v) is 5.09. The molecule has 25 heavy (non-hydrogen) atoms. The van der Waals surface area contributed by atoms with E-state index in [1.54, 1.807) is 16.2 Å². The maximum Gasteiger partial charge on any atom is 0.268 e. The van der Waals surface area contributed by atoms with Gasteiger partial charge in [-0.05, 0) is 48.6 Å². The van der Waals surface area contributed by atoms with Gasteiger partial charge in [-0.15, -0.1) is 11.3 Å². The number of benzene rings is 1. The van der Waals surface area contributed by atoms with Crippen LogP contribution in [0.4, 0.5) is 5.69 Å². The molecule has 0 saturated heterocycles. The number of amides is 1. The Morgan fingerprint density at radius 3 is 2.96 bits per heavy atom. The standard InChI is InChI=1S/C18H17N3O3S/c1-3-7-21-13-9-12(4-5-14(13)23-10-15(21)22)17-19-18(24-20-17)16-11(2)6-8-25-16/h4-6,8-9H,3,7,10H2,1-2H3. The Bertz CT molecular complexity index is 931. The molecule has 0 N–H and O–H groups in total. The molecule has 0 atom stereocenters. The molecule has 128 valence electrons. The Kier molecular flexibility index (Phi) is 4.01. The second kappa shape index (κ2) is 6.33. The Labute approximate surface area is 149 Å². The van der Waals surface area contributed by atoms with E-state index in [1.165, 1.54) is 0 Å². The van der Waals surface area contributed by atoms with Crippen molar-refractivity contribution < 1.29 is 14.1 Å². The number of ether oxygens (including phenoxy) is 1. The predicted molar refractivity (Wildman–Crippen MR) is 95.9 cm³/mol. The Morgan fingerprint density at radius 1 is 1.32 bits per heavy atom. The van der Waals surface area contributed by atoms with Crippen LogP contribution in [0.1, 0.15) is 18.9 Å². The van der Waals surface area contributed by atoms with Crippen LogP contribution in [0, 0.1) is 6.92 Å². The topological polar surface area (TPSA) is 68.5 Å². The number of thiophene rings is 1. The number of anilines is 1. The van der Waals surface area contributed by atoms with Crippen LogP contribution in [0.3, 0.4) is 0 Å². The molecule has 3 heterocycles. The molecule has 2 aromatic heterocycles. The Morgan fingerprint density at radius 2 is 2.20 bits per heavy atom. The van der Waals surface area contributed by atoms with Gasteiger partial charge in [0.1, 0.15) is 5.75 Å². The summed E-state index contributed by atoms with van der Waals surface area (Å²) in [7, 11) is 0. The minimum absolute atomic E-state index is 0.0329. The second-order valence-electron chi connectivity index (χ2n) is 5.87. The summed E-state index contributed by atoms with van der Waals surface area (Å²) < 4.78 is 11.0. The first kappa shape index (κ1) is 15.8. The van der Waals surface area contributed by atoms with Gasteiger partial charge in [0, 0.05) is 12.1 Å². The van der Waals surface area contributed by atoms with Crippen LogP contribution >= 0.6 is 11.3 Å². The van der Waals surface area contributed by atoms with E-state index in [4.69, 9.17) is 9.26 Å². The smallest absolute Gasteiger partial charge is 0.268 e. The summed E-state index contributed by atoms with van der Waals surface area (Å²) >= 11 is 1.57. The first-order valence-corrected chi connectivity index (χ1v) is 9.01. The first-order chi connectivity index (χ1) is 12.2. The number of aromatic nitrogens is 2. The van der Waals surface area contributed by atoms with Gasteiger partial charge in [-0.3, -0.25) is 4.79 Å². The fourth-order valence-electron chi connectivity index (χ4n) is 2.83. The van der Waals surface area contributed by atoms with Crippen molar-refractivity contribution in [3.63, 3.8) is 0 Å². The van der Waals surface area contributed by atoms with Crippen LogP contribution in [0.5, 0.6) is 5.75 Å². The van der Waals surface area contributed by atoms with E-state index < -0.39 is 0 Å². The molecular weight excluding hydrogens is 338 g/mol. The van der Waals surface area contributed by atoms with Gasteiger partial charge >= 0.3 is 0 Å². The first-order valence-electron chi connectivity index (χ1n) is 8.13. The lowest BCUT2D eigenvalue weighted by Gasteiger charge is -2.29. The van der Waals surface area contributed by atoms with Crippen LogP contribution in [0.25, 0.3) is 22.2 Å². The van der Waals surface area contributed by atoms with Crippen LogP contribution in [0.2, 0.25) is 0 Å². The molecule has 1 amide bonds. The highest BCUT2D eigenvalue weighted by molar-refractivity contribution is 7.13. The summed E-state index contributed by atoms with van der Waals surface area (Å²) in [6.45, 7) is 4.79. The van der Waals surface area contributed by atoms with Gasteiger partial charge in [0.15, 0.2) is 6.61 Å². The lowest BCUT2D eigenvalue weighted by Crippen LogP contribution is -2.39. The number of carbonyl (C=O) groups is 1. The molecule has 0 spiro atoms. The van der Waals surface area contributed by atoms with Crippen LogP contribution in [-0.2, 0) is 4.79 Å². The number of fused-ring (bicyclic) bond motifs is 1. The fourth-order valence-corrected chi connectivity index (χ4v) is 3.68. The normalized spacial score (nSPS) is 13.7. The number of hydrogen-bond acceptors (Lipinski definition) is 6. The van der Waals surface area contributed by atoms with Crippen molar-refractivity contribution >= 4 is 22.9 Å². The van der Waals surface area contributed by atoms with Crippen molar-refractivity contribution in [2.45, 2.75) is 20.3 Å². The van der Waals surface area contributed by atoms with E-state index >= 15 is 0 Å². The summed E-state index contributed by atoms with van der Waals surface area (Å²) in [5.41, 5.74) is 2.66. The quantitative estimate of drug-likeness (QED) is 0.710. The van der Waals surface area contributed by atoms with Crippen LogP contribution in [-0.4, -0.2) is 29.2 Å². The van der Waals surface area contributed by atoms with E-state index in [9.17, 15) is 4.79 Å². The SMILES string of the molecule is CCCN1C(=O)COc2ccc(-c3noc(-c4sccc4C)n3)cc21. The van der Waals surface area contributed by atoms with Gasteiger partial charge in [0.2, 0.25) is 5.82 Å². The highest BCUT2D eigenvalue weighted by Gasteiger charge is 2.26. The zero-order valence-corrected chi connectivity index (χ0v) is 14.8. The van der Waals surface area contributed by atoms with Gasteiger partial charge in [-0.1, -0.05) is 12.1 Å². The summed E-state index contributed by atoms with van der Waals surface area (Å²) in [6.07, 6.45) is 0.874. The molecule has 4 rings (SSSR count). The third-order valence-electron chi connectivity index (χ3n) is 4.09. The van der Waals surface area contributed by atoms with Gasteiger partial charge in [-0.2, -0.15) is 4.98 Å². The molecule has 0 radical (unpaired) electrons. The average molecular weight is 355 g/mol. The summed E-state index contributed by atoms with van der Waals surface area (Å²) in [6, 6.07) is 7.65. The van der Waals surface area contributed by atoms with E-state index in [1.807, 2.05) is 43.5 Å². The average Bonchev–Trinajstić information content (AvgIpc) is 3.26. The van der Waals surface area contributed by atoms with Crippen molar-refractivity contribution in [1.29, 1.82) is 0 Å². The number of rotatable bonds is 4. The van der Waals surface area contributed by atoms with Gasteiger partial charge in [0.25, 0.3) is 11.8 Å². The van der Waals surface area contributed by atoms with Gasteiger partial charge < -0.3 is 14.2 Å². The summed E-state index contributed by atoms with van der Waals surface area (Å²) in [5, 5.41) is 6.10. The maximum absolute atomic E-state index is 12.1. The monoisotopic (exact) mass is 355 g/mol. The Hall–Kier alpha value is -2.67. The molecule has 0 aliphatic carbocycles. The molecule has 7 heteroatoms. The second-order valence-corrected chi connectivity index (χ2v) is 6.79. The van der Waals surface area contributed by atoms with Crippen molar-refractivity contribution in [3.8, 4) is 27.9 Å². The van der Waals surface area contributed by atoms with E-state index in [-0.39, 0.29) is 12.5 Å². The molecule has 6 nitrogen and oxygen atoms in total. The Balaban J connectivity index is 1.72. The lowest BCUT2D eigenvalue weighted by molar-refractivity contribution is -0.121. The number of carbonyl (C=O) groups excluding carboxylic acids is 1. The maximum atomic E-state index is 12.1. The molecule has 1 aliphatic rings. The fraction of sp³-hybridized carbons (Fsp3) is 0.278. The molecule has 0 fully saturated rings. The lowest BCUT2D eigenvalue weighted by atomic mass is 10.1. The third kappa shape index (κ3) is 2.80.